The Labute approximate surface area is 86.0 Å². The molecule has 1 aromatic carbocycles. The number of methoxy groups -OCH3 is 1. The summed E-state index contributed by atoms with van der Waals surface area (Å²) in [5.74, 6) is -1.24. The van der Waals surface area contributed by atoms with E-state index in [1.807, 2.05) is 4.72 Å². The summed E-state index contributed by atoms with van der Waals surface area (Å²) >= 11 is 0. The van der Waals surface area contributed by atoms with Crippen molar-refractivity contribution in [3.8, 4) is 5.75 Å². The molecule has 0 unspecified atom stereocenters. The van der Waals surface area contributed by atoms with Gasteiger partial charge in [0.1, 0.15) is 16.5 Å². The van der Waals surface area contributed by atoms with Crippen molar-refractivity contribution in [1.29, 1.82) is 0 Å². The minimum atomic E-state index is -4.00. The second-order valence-electron chi connectivity index (χ2n) is 2.40. The number of hydrogen-bond donors (Lipinski definition) is 1. The van der Waals surface area contributed by atoms with Crippen molar-refractivity contribution in [3.63, 3.8) is 0 Å². The highest BCUT2D eigenvalue weighted by Gasteiger charge is 2.17. The van der Waals surface area contributed by atoms with Gasteiger partial charge in [0.2, 0.25) is 10.0 Å². The molecule has 0 fully saturated rings. The van der Waals surface area contributed by atoms with Crippen LogP contribution in [0.15, 0.2) is 23.1 Å². The third-order valence-electron chi connectivity index (χ3n) is 1.58. The maximum absolute atomic E-state index is 13.3. The van der Waals surface area contributed by atoms with Crippen LogP contribution >= 0.6 is 0 Å². The molecule has 0 saturated carbocycles. The maximum Gasteiger partial charge on any atom is 0.243 e. The molecule has 0 heterocycles. The van der Waals surface area contributed by atoms with E-state index in [0.29, 0.717) is 0 Å². The van der Waals surface area contributed by atoms with E-state index in [0.717, 1.165) is 25.2 Å². The molecule has 1 aromatic rings. The van der Waals surface area contributed by atoms with Gasteiger partial charge in [0.25, 0.3) is 0 Å². The van der Waals surface area contributed by atoms with Crippen LogP contribution in [0.3, 0.4) is 0 Å². The molecule has 0 saturated heterocycles. The second-order valence-corrected chi connectivity index (χ2v) is 4.26. The van der Waals surface area contributed by atoms with E-state index in [9.17, 15) is 12.8 Å². The Morgan fingerprint density at radius 3 is 2.86 bits per heavy atom. The molecule has 78 valence electrons. The highest BCUT2D eigenvalue weighted by molar-refractivity contribution is 7.89. The van der Waals surface area contributed by atoms with Crippen LogP contribution in [0.25, 0.3) is 0 Å². The van der Waals surface area contributed by atoms with Crippen LogP contribution in [0.5, 0.6) is 5.75 Å². The Kier molecular flexibility index (Phi) is 2.02. The minimum Gasteiger partial charge on any atom is -0.497 e. The van der Waals surface area contributed by atoms with Crippen molar-refractivity contribution in [2.45, 2.75) is 4.90 Å². The van der Waals surface area contributed by atoms with Crippen LogP contribution in [-0.2, 0) is 10.0 Å². The van der Waals surface area contributed by atoms with Crippen LogP contribution in [0, 0.1) is 5.82 Å². The third kappa shape index (κ3) is 2.02. The lowest BCUT2D eigenvalue weighted by Crippen LogP contribution is -2.19. The molecule has 0 aliphatic heterocycles. The molecule has 0 aliphatic rings. The predicted molar refractivity (Wildman–Crippen MR) is 49.2 cm³/mol. The summed E-state index contributed by atoms with van der Waals surface area (Å²) in [6.07, 6.45) is 0. The van der Waals surface area contributed by atoms with Gasteiger partial charge in [-0.05, 0) is 19.2 Å². The van der Waals surface area contributed by atoms with Crippen molar-refractivity contribution in [3.05, 3.63) is 24.0 Å². The lowest BCUT2D eigenvalue weighted by Gasteiger charge is -2.05. The molecule has 1 N–H and O–H groups in total. The van der Waals surface area contributed by atoms with Gasteiger partial charge in [0.05, 0.1) is 11.2 Å². The van der Waals surface area contributed by atoms with Crippen molar-refractivity contribution in [2.75, 3.05) is 14.1 Å². The first-order chi connectivity index (χ1) is 7.65. The van der Waals surface area contributed by atoms with Crippen molar-refractivity contribution >= 4 is 10.0 Å². The zero-order chi connectivity index (χ0) is 13.3. The van der Waals surface area contributed by atoms with Crippen LogP contribution in [0.1, 0.15) is 4.11 Å². The molecule has 0 spiro atoms. The molecular weight excluding hydrogens is 209 g/mol. The monoisotopic (exact) mass is 222 g/mol. The maximum atomic E-state index is 13.3. The fourth-order valence-electron chi connectivity index (χ4n) is 0.863. The topological polar surface area (TPSA) is 55.4 Å². The molecule has 0 aliphatic carbocycles. The Balaban J connectivity index is 3.21. The predicted octanol–water partition coefficient (Wildman–Crippen LogP) is 0.742. The zero-order valence-electron chi connectivity index (χ0n) is 10.2. The molecule has 0 bridgehead atoms. The summed E-state index contributed by atoms with van der Waals surface area (Å²) < 4.78 is 63.0. The van der Waals surface area contributed by atoms with E-state index in [1.54, 1.807) is 0 Å². The van der Waals surface area contributed by atoms with Crippen molar-refractivity contribution in [2.24, 2.45) is 0 Å². The number of hydrogen-bond acceptors (Lipinski definition) is 3. The van der Waals surface area contributed by atoms with Crippen molar-refractivity contribution in [1.82, 2.24) is 4.72 Å². The number of sulfonamides is 1. The van der Waals surface area contributed by atoms with E-state index in [4.69, 9.17) is 4.11 Å². The van der Waals surface area contributed by atoms with Gasteiger partial charge in [0.15, 0.2) is 0 Å². The van der Waals surface area contributed by atoms with E-state index < -0.39 is 27.8 Å². The average molecular weight is 222 g/mol. The van der Waals surface area contributed by atoms with Gasteiger partial charge < -0.3 is 4.74 Å². The van der Waals surface area contributed by atoms with Gasteiger partial charge >= 0.3 is 0 Å². The van der Waals surface area contributed by atoms with Crippen LogP contribution in [0.2, 0.25) is 0 Å². The number of nitrogens with one attached hydrogen (secondary N) is 1. The first-order valence-electron chi connectivity index (χ1n) is 5.08. The van der Waals surface area contributed by atoms with E-state index in [1.165, 1.54) is 0 Å². The molecular formula is C8H10FNO3S. The molecule has 0 amide bonds. The average Bonchev–Trinajstić information content (AvgIpc) is 2.18. The first kappa shape index (κ1) is 7.19. The Morgan fingerprint density at radius 2 is 2.29 bits per heavy atom. The van der Waals surface area contributed by atoms with Gasteiger partial charge in [-0.3, -0.25) is 0 Å². The number of ether oxygens (including phenoxy) is 1. The molecule has 6 heteroatoms. The normalized spacial score (nSPS) is 15.4. The number of rotatable bonds is 3. The largest absolute Gasteiger partial charge is 0.497 e. The van der Waals surface area contributed by atoms with E-state index >= 15 is 0 Å². The van der Waals surface area contributed by atoms with Gasteiger partial charge in [-0.25, -0.2) is 17.5 Å². The summed E-state index contributed by atoms with van der Waals surface area (Å²) in [5.41, 5.74) is 0. The zero-order valence-corrected chi connectivity index (χ0v) is 8.06. The summed E-state index contributed by atoms with van der Waals surface area (Å²) in [7, 11) is -5.60. The Hall–Kier alpha value is -1.14. The lowest BCUT2D eigenvalue weighted by molar-refractivity contribution is 0.411. The highest BCUT2D eigenvalue weighted by atomic mass is 32.2. The fourth-order valence-corrected chi connectivity index (χ4v) is 1.68. The number of benzene rings is 1. The van der Waals surface area contributed by atoms with Crippen molar-refractivity contribution < 1.29 is 21.7 Å². The van der Waals surface area contributed by atoms with E-state index in [-0.39, 0.29) is 5.75 Å². The highest BCUT2D eigenvalue weighted by Crippen LogP contribution is 2.20. The minimum absolute atomic E-state index is 0.250. The smallest absolute Gasteiger partial charge is 0.243 e. The van der Waals surface area contributed by atoms with Gasteiger partial charge in [0, 0.05) is 6.07 Å². The quantitative estimate of drug-likeness (QED) is 0.820. The number of halogens is 1. The summed E-state index contributed by atoms with van der Waals surface area (Å²) in [6, 6.07) is 2.68. The second kappa shape index (κ2) is 3.93. The molecule has 4 nitrogen and oxygen atoms in total. The summed E-state index contributed by atoms with van der Waals surface area (Å²) in [5, 5.41) is 0. The molecule has 1 rings (SSSR count). The molecule has 14 heavy (non-hydrogen) atoms. The van der Waals surface area contributed by atoms with Crippen LogP contribution < -0.4 is 9.46 Å². The van der Waals surface area contributed by atoms with Gasteiger partial charge in [-0.15, -0.1) is 0 Å². The third-order valence-corrected chi connectivity index (χ3v) is 3.01. The standard InChI is InChI=1S/C8H10FNO3S/c1-10-14(11,12)8-5-6(13-2)3-4-7(8)9/h3-5,10H,1-2H3/i2D3. The Bertz CT molecular complexity index is 515. The molecule has 0 aromatic heterocycles. The van der Waals surface area contributed by atoms with Crippen LogP contribution in [0.4, 0.5) is 4.39 Å². The first-order valence-corrected chi connectivity index (χ1v) is 5.06. The summed E-state index contributed by atoms with van der Waals surface area (Å²) in [6.45, 7) is 0. The van der Waals surface area contributed by atoms with E-state index in [2.05, 4.69) is 4.74 Å². The summed E-state index contributed by atoms with van der Waals surface area (Å²) in [4.78, 5) is -0.665. The van der Waals surface area contributed by atoms with Crippen LogP contribution in [-0.4, -0.2) is 22.5 Å². The van der Waals surface area contributed by atoms with Gasteiger partial charge in [-0.2, -0.15) is 0 Å². The molecule has 0 atom stereocenters. The Morgan fingerprint density at radius 1 is 1.57 bits per heavy atom. The van der Waals surface area contributed by atoms with Gasteiger partial charge in [-0.1, -0.05) is 0 Å². The SMILES string of the molecule is [2H]C([2H])([2H])Oc1ccc(F)c(S(=O)(=O)NC)c1. The fraction of sp³-hybridized carbons (Fsp3) is 0.250. The lowest BCUT2D eigenvalue weighted by atomic mass is 10.3. The molecule has 0 radical (unpaired) electrons.